The molecule has 1 heterocycles. The van der Waals surface area contributed by atoms with E-state index in [1.54, 1.807) is 25.1 Å². The number of nitrogens with two attached hydrogens (primary N) is 1. The van der Waals surface area contributed by atoms with E-state index in [0.717, 1.165) is 10.9 Å². The zero-order valence-corrected chi connectivity index (χ0v) is 21.8. The van der Waals surface area contributed by atoms with Crippen LogP contribution in [-0.4, -0.2) is 48.8 Å². The third-order valence-corrected chi connectivity index (χ3v) is 5.64. The van der Waals surface area contributed by atoms with Gasteiger partial charge >= 0.3 is 5.63 Å². The minimum absolute atomic E-state index is 0.152. The third kappa shape index (κ3) is 9.68. The summed E-state index contributed by atoms with van der Waals surface area (Å²) in [5.41, 5.74) is 6.58. The molecule has 0 saturated heterocycles. The van der Waals surface area contributed by atoms with Gasteiger partial charge in [0.05, 0.1) is 6.54 Å². The molecule has 0 saturated carbocycles. The number of unbranched alkanes of at least 4 members (excludes halogenated alkanes) is 1. The van der Waals surface area contributed by atoms with Crippen LogP contribution in [0.2, 0.25) is 0 Å². The highest BCUT2D eigenvalue weighted by atomic mass is 16.4. The Bertz CT molecular complexity index is 1180. The van der Waals surface area contributed by atoms with Crippen molar-refractivity contribution in [1.29, 1.82) is 0 Å². The Balaban J connectivity index is 2.06. The largest absolute Gasteiger partial charge is 0.423 e. The Labute approximate surface area is 215 Å². The van der Waals surface area contributed by atoms with Crippen molar-refractivity contribution in [1.82, 2.24) is 16.0 Å². The van der Waals surface area contributed by atoms with Crippen molar-refractivity contribution in [3.05, 3.63) is 40.2 Å². The number of aryl methyl sites for hydroxylation is 1. The van der Waals surface area contributed by atoms with Crippen molar-refractivity contribution in [2.75, 3.05) is 18.4 Å². The zero-order chi connectivity index (χ0) is 27.5. The summed E-state index contributed by atoms with van der Waals surface area (Å²) in [6.45, 7) is 7.05. The molecule has 0 spiro atoms. The highest BCUT2D eigenvalue weighted by Crippen LogP contribution is 2.21. The third-order valence-electron chi connectivity index (χ3n) is 5.64. The van der Waals surface area contributed by atoms with Crippen LogP contribution in [0.5, 0.6) is 0 Å². The lowest BCUT2D eigenvalue weighted by atomic mass is 10.0. The lowest BCUT2D eigenvalue weighted by Gasteiger charge is -2.21. The van der Waals surface area contributed by atoms with E-state index in [2.05, 4.69) is 21.3 Å². The van der Waals surface area contributed by atoms with E-state index in [-0.39, 0.29) is 18.4 Å². The number of rotatable bonds is 13. The van der Waals surface area contributed by atoms with Gasteiger partial charge < -0.3 is 31.4 Å². The second kappa shape index (κ2) is 14.1. The predicted octanol–water partition coefficient (Wildman–Crippen LogP) is 1.32. The summed E-state index contributed by atoms with van der Waals surface area (Å²) in [7, 11) is 0. The summed E-state index contributed by atoms with van der Waals surface area (Å²) >= 11 is 0. The van der Waals surface area contributed by atoms with E-state index in [1.165, 1.54) is 13.0 Å². The highest BCUT2D eigenvalue weighted by Gasteiger charge is 2.24. The van der Waals surface area contributed by atoms with Gasteiger partial charge in [-0.15, -0.1) is 0 Å². The second-order valence-electron chi connectivity index (χ2n) is 9.45. The fraction of sp³-hybridized carbons (Fsp3) is 0.500. The van der Waals surface area contributed by atoms with Crippen molar-refractivity contribution in [3.8, 4) is 0 Å². The predicted molar refractivity (Wildman–Crippen MR) is 141 cm³/mol. The van der Waals surface area contributed by atoms with E-state index >= 15 is 0 Å². The average Bonchev–Trinajstić information content (AvgIpc) is 2.80. The number of hydrogen-bond donors (Lipinski definition) is 5. The van der Waals surface area contributed by atoms with Gasteiger partial charge in [-0.25, -0.2) is 4.79 Å². The van der Waals surface area contributed by atoms with E-state index in [0.29, 0.717) is 43.5 Å². The van der Waals surface area contributed by atoms with Crippen LogP contribution in [0.15, 0.2) is 33.5 Å². The van der Waals surface area contributed by atoms with E-state index in [4.69, 9.17) is 10.2 Å². The molecule has 1 aromatic heterocycles. The van der Waals surface area contributed by atoms with Crippen LogP contribution in [-0.2, 0) is 19.2 Å². The van der Waals surface area contributed by atoms with Crippen molar-refractivity contribution in [2.45, 2.75) is 65.5 Å². The zero-order valence-electron chi connectivity index (χ0n) is 21.8. The Morgan fingerprint density at radius 2 is 1.73 bits per heavy atom. The number of anilines is 1. The Hall–Kier alpha value is -3.73. The highest BCUT2D eigenvalue weighted by molar-refractivity contribution is 5.99. The fourth-order valence-electron chi connectivity index (χ4n) is 3.88. The first-order valence-electron chi connectivity index (χ1n) is 12.4. The molecule has 0 aliphatic carbocycles. The lowest BCUT2D eigenvalue weighted by Crippen LogP contribution is -2.51. The molecule has 0 unspecified atom stereocenters. The Morgan fingerprint density at radius 1 is 1.00 bits per heavy atom. The molecular weight excluding hydrogens is 478 g/mol. The summed E-state index contributed by atoms with van der Waals surface area (Å²) < 4.78 is 5.23. The number of carbonyl (C=O) groups excluding carboxylic acids is 4. The van der Waals surface area contributed by atoms with E-state index < -0.39 is 35.4 Å². The minimum atomic E-state index is -0.877. The maximum atomic E-state index is 13.0. The molecule has 37 heavy (non-hydrogen) atoms. The molecule has 2 atom stereocenters. The summed E-state index contributed by atoms with van der Waals surface area (Å²) in [5, 5.41) is 11.3. The number of hydrogen-bond acceptors (Lipinski definition) is 7. The molecule has 0 radical (unpaired) electrons. The Morgan fingerprint density at radius 3 is 2.38 bits per heavy atom. The van der Waals surface area contributed by atoms with Crippen molar-refractivity contribution in [2.24, 2.45) is 11.7 Å². The van der Waals surface area contributed by atoms with Crippen LogP contribution < -0.4 is 32.6 Å². The molecular formula is C26H37N5O6. The molecule has 6 N–H and O–H groups in total. The van der Waals surface area contributed by atoms with Crippen LogP contribution >= 0.6 is 0 Å². The minimum Gasteiger partial charge on any atom is -0.423 e. The molecule has 2 aromatic rings. The van der Waals surface area contributed by atoms with Gasteiger partial charge in [0.2, 0.25) is 23.6 Å². The van der Waals surface area contributed by atoms with Gasteiger partial charge in [-0.1, -0.05) is 13.8 Å². The molecule has 202 valence electrons. The fourth-order valence-corrected chi connectivity index (χ4v) is 3.88. The first-order chi connectivity index (χ1) is 17.5. The monoisotopic (exact) mass is 515 g/mol. The second-order valence-corrected chi connectivity index (χ2v) is 9.45. The maximum Gasteiger partial charge on any atom is 0.336 e. The molecule has 11 nitrogen and oxygen atoms in total. The van der Waals surface area contributed by atoms with Gasteiger partial charge in [0.25, 0.3) is 0 Å². The van der Waals surface area contributed by atoms with Crippen molar-refractivity contribution < 1.29 is 23.6 Å². The molecule has 2 rings (SSSR count). The van der Waals surface area contributed by atoms with Crippen LogP contribution in [0.3, 0.4) is 0 Å². The smallest absolute Gasteiger partial charge is 0.336 e. The van der Waals surface area contributed by atoms with Crippen molar-refractivity contribution in [3.63, 3.8) is 0 Å². The van der Waals surface area contributed by atoms with Crippen LogP contribution in [0.25, 0.3) is 11.0 Å². The molecule has 11 heteroatoms. The normalized spacial score (nSPS) is 12.6. The molecule has 1 aromatic carbocycles. The first kappa shape index (κ1) is 29.5. The molecule has 0 aliphatic rings. The molecule has 0 bridgehead atoms. The van der Waals surface area contributed by atoms with Gasteiger partial charge in [0.1, 0.15) is 17.7 Å². The number of carbonyl (C=O) groups is 4. The van der Waals surface area contributed by atoms with E-state index in [1.807, 2.05) is 13.8 Å². The van der Waals surface area contributed by atoms with Gasteiger partial charge in [-0.3, -0.25) is 19.2 Å². The van der Waals surface area contributed by atoms with Crippen LogP contribution in [0.1, 0.15) is 52.0 Å². The van der Waals surface area contributed by atoms with Crippen LogP contribution in [0.4, 0.5) is 5.69 Å². The Kier molecular flexibility index (Phi) is 11.3. The first-order valence-corrected chi connectivity index (χ1v) is 12.4. The van der Waals surface area contributed by atoms with Gasteiger partial charge in [0, 0.05) is 30.1 Å². The lowest BCUT2D eigenvalue weighted by molar-refractivity contribution is -0.130. The summed E-state index contributed by atoms with van der Waals surface area (Å²) in [4.78, 5) is 61.3. The average molecular weight is 516 g/mol. The van der Waals surface area contributed by atoms with E-state index in [9.17, 15) is 24.0 Å². The van der Waals surface area contributed by atoms with Gasteiger partial charge in [-0.2, -0.15) is 0 Å². The number of benzene rings is 1. The SMILES string of the molecule is CC(=O)N[C@@H](CC(C)C)C(=O)NCC(=O)N[C@@H](CCCCN)C(=O)Nc1ccc2c(C)cc(=O)oc2c1. The van der Waals surface area contributed by atoms with Crippen molar-refractivity contribution >= 4 is 40.3 Å². The molecule has 0 fully saturated rings. The summed E-state index contributed by atoms with van der Waals surface area (Å²) in [5.74, 6) is -1.67. The number of nitrogens with one attached hydrogen (secondary N) is 4. The number of fused-ring (bicyclic) bond motifs is 1. The summed E-state index contributed by atoms with van der Waals surface area (Å²) in [6, 6.07) is 4.73. The molecule has 0 aliphatic heterocycles. The van der Waals surface area contributed by atoms with Gasteiger partial charge in [-0.05, 0) is 62.8 Å². The van der Waals surface area contributed by atoms with Gasteiger partial charge in [0.15, 0.2) is 0 Å². The summed E-state index contributed by atoms with van der Waals surface area (Å²) in [6.07, 6.45) is 2.03. The standard InChI is InChI=1S/C26H37N5O6/c1-15(2)11-21(29-17(4)32)25(35)28-14-23(33)31-20(7-5-6-10-27)26(36)30-18-8-9-19-16(3)12-24(34)37-22(19)13-18/h8-9,12-13,15,20-21H,5-7,10-11,14,27H2,1-4H3,(H,28,35)(H,29,32)(H,30,36)(H,31,33)/t20-,21-/m0/s1. The van der Waals surface area contributed by atoms with Crippen LogP contribution in [0, 0.1) is 12.8 Å². The quantitative estimate of drug-likeness (QED) is 0.198. The topological polar surface area (TPSA) is 173 Å². The maximum absolute atomic E-state index is 13.0. The number of amides is 4. The molecule has 4 amide bonds.